The molecule has 1 heterocycles. The van der Waals surface area contributed by atoms with Gasteiger partial charge in [0.05, 0.1) is 5.69 Å². The molecule has 0 saturated carbocycles. The van der Waals surface area contributed by atoms with Crippen molar-refractivity contribution in [1.82, 2.24) is 0 Å². The van der Waals surface area contributed by atoms with Gasteiger partial charge in [-0.2, -0.15) is 0 Å². The molecule has 0 aromatic heterocycles. The minimum absolute atomic E-state index is 0.175. The van der Waals surface area contributed by atoms with Crippen LogP contribution in [0.25, 0.3) is 0 Å². The molecule has 0 unspecified atom stereocenters. The van der Waals surface area contributed by atoms with Gasteiger partial charge in [0.15, 0.2) is 0 Å². The van der Waals surface area contributed by atoms with Crippen LogP contribution in [0.1, 0.15) is 12.8 Å². The Morgan fingerprint density at radius 2 is 1.92 bits per heavy atom. The first-order valence-corrected chi connectivity index (χ1v) is 4.85. The van der Waals surface area contributed by atoms with Crippen molar-refractivity contribution in [3.05, 3.63) is 29.0 Å². The quantitative estimate of drug-likeness (QED) is 0.672. The van der Waals surface area contributed by atoms with E-state index in [1.807, 2.05) is 4.90 Å². The zero-order valence-corrected chi connectivity index (χ0v) is 8.02. The third-order valence-corrected chi connectivity index (χ3v) is 2.59. The first-order valence-electron chi connectivity index (χ1n) is 4.47. The van der Waals surface area contributed by atoms with E-state index in [0.29, 0.717) is 10.7 Å². The molecule has 2 rings (SSSR count). The van der Waals surface area contributed by atoms with Gasteiger partial charge in [0, 0.05) is 18.1 Å². The van der Waals surface area contributed by atoms with E-state index in [2.05, 4.69) is 0 Å². The number of rotatable bonds is 1. The van der Waals surface area contributed by atoms with Gasteiger partial charge in [-0.25, -0.2) is 4.39 Å². The van der Waals surface area contributed by atoms with E-state index in [0.717, 1.165) is 25.9 Å². The van der Waals surface area contributed by atoms with Crippen LogP contribution >= 0.6 is 11.6 Å². The fourth-order valence-electron chi connectivity index (χ4n) is 1.69. The van der Waals surface area contributed by atoms with Gasteiger partial charge in [0.1, 0.15) is 5.82 Å². The fraction of sp³-hybridized carbons (Fsp3) is 0.400. The molecule has 70 valence electrons. The van der Waals surface area contributed by atoms with Crippen molar-refractivity contribution in [2.45, 2.75) is 12.8 Å². The van der Waals surface area contributed by atoms with E-state index in [1.54, 1.807) is 12.1 Å². The van der Waals surface area contributed by atoms with Gasteiger partial charge < -0.3 is 4.90 Å². The summed E-state index contributed by atoms with van der Waals surface area (Å²) in [5, 5.41) is 0.600. The zero-order valence-electron chi connectivity index (χ0n) is 7.26. The highest BCUT2D eigenvalue weighted by Gasteiger charge is 2.15. The summed E-state index contributed by atoms with van der Waals surface area (Å²) >= 11 is 5.80. The van der Waals surface area contributed by atoms with Crippen LogP contribution in [0, 0.1) is 5.82 Å². The van der Waals surface area contributed by atoms with Crippen molar-refractivity contribution in [2.75, 3.05) is 18.0 Å². The van der Waals surface area contributed by atoms with Crippen LogP contribution in [0.15, 0.2) is 18.2 Å². The minimum atomic E-state index is -0.175. The molecule has 0 radical (unpaired) electrons. The minimum Gasteiger partial charge on any atom is -0.369 e. The Hall–Kier alpha value is -0.760. The Morgan fingerprint density at radius 3 is 2.62 bits per heavy atom. The average molecular weight is 200 g/mol. The fourth-order valence-corrected chi connectivity index (χ4v) is 1.85. The second-order valence-electron chi connectivity index (χ2n) is 3.29. The SMILES string of the molecule is Fc1ccc(Cl)cc1N1CCCC1. The van der Waals surface area contributed by atoms with Gasteiger partial charge in [-0.15, -0.1) is 0 Å². The number of benzene rings is 1. The van der Waals surface area contributed by atoms with Crippen molar-refractivity contribution < 1.29 is 4.39 Å². The number of halogens is 2. The van der Waals surface area contributed by atoms with E-state index in [4.69, 9.17) is 11.6 Å². The number of hydrogen-bond donors (Lipinski definition) is 0. The lowest BCUT2D eigenvalue weighted by Gasteiger charge is -2.18. The van der Waals surface area contributed by atoms with Gasteiger partial charge >= 0.3 is 0 Å². The molecule has 1 nitrogen and oxygen atoms in total. The molecule has 0 aliphatic carbocycles. The molecule has 1 aromatic rings. The summed E-state index contributed by atoms with van der Waals surface area (Å²) in [4.78, 5) is 2.04. The monoisotopic (exact) mass is 199 g/mol. The Bertz CT molecular complexity index is 308. The van der Waals surface area contributed by atoms with Crippen LogP contribution in [0.4, 0.5) is 10.1 Å². The van der Waals surface area contributed by atoms with E-state index in [9.17, 15) is 4.39 Å². The highest BCUT2D eigenvalue weighted by Crippen LogP contribution is 2.26. The van der Waals surface area contributed by atoms with E-state index in [1.165, 1.54) is 6.07 Å². The largest absolute Gasteiger partial charge is 0.369 e. The first kappa shape index (κ1) is 8.82. The van der Waals surface area contributed by atoms with Gasteiger partial charge in [-0.3, -0.25) is 0 Å². The number of anilines is 1. The average Bonchev–Trinajstić information content (AvgIpc) is 2.61. The highest BCUT2D eigenvalue weighted by molar-refractivity contribution is 6.30. The predicted octanol–water partition coefficient (Wildman–Crippen LogP) is 3.08. The van der Waals surface area contributed by atoms with Crippen LogP contribution < -0.4 is 4.90 Å². The smallest absolute Gasteiger partial charge is 0.146 e. The molecule has 0 amide bonds. The lowest BCUT2D eigenvalue weighted by atomic mass is 10.3. The summed E-state index contributed by atoms with van der Waals surface area (Å²) in [6.45, 7) is 1.88. The maximum atomic E-state index is 13.3. The second kappa shape index (κ2) is 3.54. The van der Waals surface area contributed by atoms with Crippen LogP contribution in [0.3, 0.4) is 0 Å². The maximum absolute atomic E-state index is 13.3. The van der Waals surface area contributed by atoms with E-state index < -0.39 is 0 Å². The molecule has 0 bridgehead atoms. The zero-order chi connectivity index (χ0) is 9.26. The van der Waals surface area contributed by atoms with Crippen LogP contribution in [0.5, 0.6) is 0 Å². The molecule has 1 aliphatic heterocycles. The van der Waals surface area contributed by atoms with Gasteiger partial charge in [-0.1, -0.05) is 11.6 Å². The Kier molecular flexibility index (Phi) is 2.40. The molecular weight excluding hydrogens is 189 g/mol. The topological polar surface area (TPSA) is 3.24 Å². The van der Waals surface area contributed by atoms with E-state index >= 15 is 0 Å². The lowest BCUT2D eigenvalue weighted by Crippen LogP contribution is -2.18. The molecule has 13 heavy (non-hydrogen) atoms. The van der Waals surface area contributed by atoms with Crippen molar-refractivity contribution in [3.8, 4) is 0 Å². The van der Waals surface area contributed by atoms with Crippen molar-refractivity contribution in [3.63, 3.8) is 0 Å². The summed E-state index contributed by atoms with van der Waals surface area (Å²) in [6, 6.07) is 4.70. The Balaban J connectivity index is 2.32. The molecular formula is C10H11ClFN. The summed E-state index contributed by atoms with van der Waals surface area (Å²) in [6.07, 6.45) is 2.29. The van der Waals surface area contributed by atoms with E-state index in [-0.39, 0.29) is 5.82 Å². The molecule has 0 N–H and O–H groups in total. The third-order valence-electron chi connectivity index (χ3n) is 2.35. The summed E-state index contributed by atoms with van der Waals surface area (Å²) in [5.41, 5.74) is 0.644. The van der Waals surface area contributed by atoms with Crippen LogP contribution in [-0.2, 0) is 0 Å². The second-order valence-corrected chi connectivity index (χ2v) is 3.73. The lowest BCUT2D eigenvalue weighted by molar-refractivity contribution is 0.623. The summed E-state index contributed by atoms with van der Waals surface area (Å²) in [5.74, 6) is -0.175. The molecule has 0 spiro atoms. The van der Waals surface area contributed by atoms with Gasteiger partial charge in [0.2, 0.25) is 0 Å². The molecule has 1 fully saturated rings. The van der Waals surface area contributed by atoms with Crippen molar-refractivity contribution in [1.29, 1.82) is 0 Å². The highest BCUT2D eigenvalue weighted by atomic mass is 35.5. The Morgan fingerprint density at radius 1 is 1.23 bits per heavy atom. The van der Waals surface area contributed by atoms with Crippen molar-refractivity contribution >= 4 is 17.3 Å². The van der Waals surface area contributed by atoms with Crippen LogP contribution in [0.2, 0.25) is 5.02 Å². The molecule has 1 aromatic carbocycles. The molecule has 1 saturated heterocycles. The Labute approximate surface area is 82.1 Å². The predicted molar refractivity (Wildman–Crippen MR) is 52.9 cm³/mol. The van der Waals surface area contributed by atoms with Crippen molar-refractivity contribution in [2.24, 2.45) is 0 Å². The number of nitrogens with zero attached hydrogens (tertiary/aromatic N) is 1. The number of hydrogen-bond acceptors (Lipinski definition) is 1. The van der Waals surface area contributed by atoms with Crippen LogP contribution in [-0.4, -0.2) is 13.1 Å². The standard InChI is InChI=1S/C10H11ClFN/c11-8-3-4-9(12)10(7-8)13-5-1-2-6-13/h3-4,7H,1-2,5-6H2. The maximum Gasteiger partial charge on any atom is 0.146 e. The molecule has 1 aliphatic rings. The first-order chi connectivity index (χ1) is 6.27. The molecule has 3 heteroatoms. The van der Waals surface area contributed by atoms with Gasteiger partial charge in [0.25, 0.3) is 0 Å². The normalized spacial score (nSPS) is 16.6. The molecule has 0 atom stereocenters. The third kappa shape index (κ3) is 1.78. The summed E-state index contributed by atoms with van der Waals surface area (Å²) < 4.78 is 13.3. The summed E-state index contributed by atoms with van der Waals surface area (Å²) in [7, 11) is 0. The van der Waals surface area contributed by atoms with Gasteiger partial charge in [-0.05, 0) is 31.0 Å².